The van der Waals surface area contributed by atoms with Crippen LogP contribution < -0.4 is 17.0 Å². The minimum absolute atomic E-state index is 0.0886. The molecule has 1 amide bonds. The molecule has 0 unspecified atom stereocenters. The van der Waals surface area contributed by atoms with Gasteiger partial charge in [-0.2, -0.15) is 0 Å². The van der Waals surface area contributed by atoms with Gasteiger partial charge >= 0.3 is 0 Å². The number of unbranched alkanes of at least 4 members (excludes halogenated alkanes) is 2. The van der Waals surface area contributed by atoms with Gasteiger partial charge in [0.15, 0.2) is 0 Å². The molecule has 0 aromatic heterocycles. The van der Waals surface area contributed by atoms with Crippen LogP contribution in [0.2, 0.25) is 0 Å². The van der Waals surface area contributed by atoms with Crippen LogP contribution in [0.5, 0.6) is 0 Å². The van der Waals surface area contributed by atoms with E-state index in [0.29, 0.717) is 6.42 Å². The molecule has 0 aliphatic carbocycles. The van der Waals surface area contributed by atoms with E-state index in [0.717, 1.165) is 30.7 Å². The highest BCUT2D eigenvalue weighted by Crippen LogP contribution is 2.25. The van der Waals surface area contributed by atoms with Crippen LogP contribution in [0.1, 0.15) is 31.2 Å². The first kappa shape index (κ1) is 14.9. The first-order valence-corrected chi connectivity index (χ1v) is 7.10. The number of hydrogen-bond acceptors (Lipinski definition) is 4. The van der Waals surface area contributed by atoms with Crippen molar-refractivity contribution in [1.82, 2.24) is 5.43 Å². The predicted octanol–water partition coefficient (Wildman–Crippen LogP) is 2.22. The summed E-state index contributed by atoms with van der Waals surface area (Å²) in [5.41, 5.74) is 9.96. The fourth-order valence-electron chi connectivity index (χ4n) is 1.59. The summed E-state index contributed by atoms with van der Waals surface area (Å²) in [7, 11) is 0. The molecule has 5 N–H and O–H groups in total. The number of nitrogen functional groups attached to an aromatic ring is 1. The summed E-state index contributed by atoms with van der Waals surface area (Å²) < 4.78 is 0. The van der Waals surface area contributed by atoms with Crippen molar-refractivity contribution >= 4 is 23.4 Å². The lowest BCUT2D eigenvalue weighted by Crippen LogP contribution is -2.29. The lowest BCUT2D eigenvalue weighted by Gasteiger charge is -2.06. The third-order valence-electron chi connectivity index (χ3n) is 2.68. The van der Waals surface area contributed by atoms with E-state index < -0.39 is 0 Å². The fraction of sp³-hybridized carbons (Fsp3) is 0.462. The molecule has 0 saturated heterocycles. The Morgan fingerprint density at radius 3 is 2.83 bits per heavy atom. The van der Waals surface area contributed by atoms with Crippen molar-refractivity contribution in [3.63, 3.8) is 0 Å². The van der Waals surface area contributed by atoms with Crippen LogP contribution in [0.25, 0.3) is 0 Å². The molecule has 0 saturated carbocycles. The molecular weight excluding hydrogens is 246 g/mol. The second kappa shape index (κ2) is 8.00. The van der Waals surface area contributed by atoms with E-state index in [1.54, 1.807) is 0 Å². The zero-order valence-electron chi connectivity index (χ0n) is 10.7. The van der Waals surface area contributed by atoms with E-state index in [2.05, 4.69) is 12.3 Å². The van der Waals surface area contributed by atoms with Crippen LogP contribution in [0.15, 0.2) is 23.1 Å². The van der Waals surface area contributed by atoms with E-state index in [1.165, 1.54) is 10.5 Å². The molecule has 100 valence electrons. The van der Waals surface area contributed by atoms with Gasteiger partial charge in [0.1, 0.15) is 0 Å². The van der Waals surface area contributed by atoms with Gasteiger partial charge in [-0.05, 0) is 43.2 Å². The van der Waals surface area contributed by atoms with Crippen molar-refractivity contribution < 1.29 is 4.79 Å². The maximum Gasteiger partial charge on any atom is 0.233 e. The predicted molar refractivity (Wildman–Crippen MR) is 77.1 cm³/mol. The lowest BCUT2D eigenvalue weighted by atomic mass is 10.2. The molecule has 4 nitrogen and oxygen atoms in total. The van der Waals surface area contributed by atoms with Crippen molar-refractivity contribution in [2.24, 2.45) is 5.84 Å². The topological polar surface area (TPSA) is 81.1 Å². The monoisotopic (exact) mass is 267 g/mol. The van der Waals surface area contributed by atoms with E-state index in [1.807, 2.05) is 30.0 Å². The van der Waals surface area contributed by atoms with Gasteiger partial charge in [-0.15, -0.1) is 11.8 Å². The Morgan fingerprint density at radius 1 is 1.33 bits per heavy atom. The van der Waals surface area contributed by atoms with E-state index >= 15 is 0 Å². The number of aryl methyl sites for hydroxylation is 1. The fourth-order valence-corrected chi connectivity index (χ4v) is 2.67. The molecule has 0 aliphatic rings. The minimum atomic E-state index is -0.0886. The van der Waals surface area contributed by atoms with Crippen LogP contribution in [-0.4, -0.2) is 11.7 Å². The number of amides is 1. The number of carbonyl (C=O) groups excluding carboxylic acids is 1. The molecule has 1 aromatic carbocycles. The van der Waals surface area contributed by atoms with Gasteiger partial charge in [0.2, 0.25) is 5.91 Å². The standard InChI is InChI=1S/C13H21N3OS/c1-10-6-7-11(14)9-12(10)18-8-4-2-3-5-13(17)16-15/h6-7,9H,2-5,8,14-15H2,1H3,(H,16,17). The normalized spacial score (nSPS) is 10.3. The van der Waals surface area contributed by atoms with Gasteiger partial charge in [0, 0.05) is 17.0 Å². The SMILES string of the molecule is Cc1ccc(N)cc1SCCCCCC(=O)NN. The van der Waals surface area contributed by atoms with Crippen LogP contribution >= 0.6 is 11.8 Å². The molecule has 0 bridgehead atoms. The average Bonchev–Trinajstić information content (AvgIpc) is 2.37. The van der Waals surface area contributed by atoms with Crippen molar-refractivity contribution in [3.8, 4) is 0 Å². The quantitative estimate of drug-likeness (QED) is 0.177. The van der Waals surface area contributed by atoms with Gasteiger partial charge in [0.25, 0.3) is 0 Å². The lowest BCUT2D eigenvalue weighted by molar-refractivity contribution is -0.121. The second-order valence-electron chi connectivity index (χ2n) is 4.25. The molecule has 0 spiro atoms. The largest absolute Gasteiger partial charge is 0.399 e. The first-order chi connectivity index (χ1) is 8.63. The Bertz CT molecular complexity index is 396. The van der Waals surface area contributed by atoms with E-state index in [9.17, 15) is 4.79 Å². The Labute approximate surface area is 112 Å². The Hall–Kier alpha value is -1.20. The Morgan fingerprint density at radius 2 is 2.11 bits per heavy atom. The summed E-state index contributed by atoms with van der Waals surface area (Å²) >= 11 is 1.82. The first-order valence-electron chi connectivity index (χ1n) is 6.12. The van der Waals surface area contributed by atoms with Crippen molar-refractivity contribution in [1.29, 1.82) is 0 Å². The molecule has 0 atom stereocenters. The third-order valence-corrected chi connectivity index (χ3v) is 3.92. The minimum Gasteiger partial charge on any atom is -0.399 e. The smallest absolute Gasteiger partial charge is 0.233 e. The van der Waals surface area contributed by atoms with Crippen molar-refractivity contribution in [2.45, 2.75) is 37.5 Å². The summed E-state index contributed by atoms with van der Waals surface area (Å²) in [6, 6.07) is 5.98. The highest BCUT2D eigenvalue weighted by Gasteiger charge is 2.01. The van der Waals surface area contributed by atoms with E-state index in [-0.39, 0.29) is 5.91 Å². The Kier molecular flexibility index (Phi) is 6.60. The van der Waals surface area contributed by atoms with Gasteiger partial charge < -0.3 is 5.73 Å². The number of hydrogen-bond donors (Lipinski definition) is 3. The Balaban J connectivity index is 2.18. The summed E-state index contributed by atoms with van der Waals surface area (Å²) in [6.45, 7) is 2.09. The number of benzene rings is 1. The highest BCUT2D eigenvalue weighted by atomic mass is 32.2. The molecule has 0 radical (unpaired) electrons. The van der Waals surface area contributed by atoms with E-state index in [4.69, 9.17) is 11.6 Å². The van der Waals surface area contributed by atoms with Crippen LogP contribution in [0.3, 0.4) is 0 Å². The average molecular weight is 267 g/mol. The van der Waals surface area contributed by atoms with Crippen molar-refractivity contribution in [2.75, 3.05) is 11.5 Å². The molecule has 1 aromatic rings. The zero-order chi connectivity index (χ0) is 13.4. The number of nitrogens with one attached hydrogen (secondary N) is 1. The number of nitrogens with two attached hydrogens (primary N) is 2. The summed E-state index contributed by atoms with van der Waals surface area (Å²) in [4.78, 5) is 12.1. The molecule has 0 fully saturated rings. The van der Waals surface area contributed by atoms with Gasteiger partial charge in [0.05, 0.1) is 0 Å². The van der Waals surface area contributed by atoms with Crippen LogP contribution in [0, 0.1) is 6.92 Å². The highest BCUT2D eigenvalue weighted by molar-refractivity contribution is 7.99. The second-order valence-corrected chi connectivity index (χ2v) is 5.39. The molecule has 0 aliphatic heterocycles. The molecule has 1 rings (SSSR count). The molecule has 18 heavy (non-hydrogen) atoms. The number of carbonyl (C=O) groups is 1. The number of rotatable bonds is 7. The summed E-state index contributed by atoms with van der Waals surface area (Å²) in [6.07, 6.45) is 3.54. The maximum absolute atomic E-state index is 10.9. The summed E-state index contributed by atoms with van der Waals surface area (Å²) in [5.74, 6) is 5.97. The summed E-state index contributed by atoms with van der Waals surface area (Å²) in [5, 5.41) is 0. The van der Waals surface area contributed by atoms with Crippen LogP contribution in [0.4, 0.5) is 5.69 Å². The molecular formula is C13H21N3OS. The van der Waals surface area contributed by atoms with Gasteiger partial charge in [-0.3, -0.25) is 10.2 Å². The zero-order valence-corrected chi connectivity index (χ0v) is 11.6. The van der Waals surface area contributed by atoms with Gasteiger partial charge in [-0.1, -0.05) is 12.5 Å². The van der Waals surface area contributed by atoms with Gasteiger partial charge in [-0.25, -0.2) is 5.84 Å². The number of anilines is 1. The van der Waals surface area contributed by atoms with Crippen LogP contribution in [-0.2, 0) is 4.79 Å². The molecule has 5 heteroatoms. The third kappa shape index (κ3) is 5.42. The molecule has 0 heterocycles. The number of thioether (sulfide) groups is 1. The maximum atomic E-state index is 10.9. The number of hydrazine groups is 1. The van der Waals surface area contributed by atoms with Crippen molar-refractivity contribution in [3.05, 3.63) is 23.8 Å².